The fourth-order valence-electron chi connectivity index (χ4n) is 2.62. The molecule has 0 unspecified atom stereocenters. The molecule has 0 atom stereocenters. The lowest BCUT2D eigenvalue weighted by Crippen LogP contribution is -2.27. The van der Waals surface area contributed by atoms with Crippen molar-refractivity contribution in [1.29, 1.82) is 0 Å². The molecule has 26 heavy (non-hydrogen) atoms. The molecule has 2 aromatic carbocycles. The topological polar surface area (TPSA) is 72.5 Å². The Bertz CT molecular complexity index is 858. The maximum atomic E-state index is 12.3. The zero-order valence-electron chi connectivity index (χ0n) is 15.4. The van der Waals surface area contributed by atoms with Crippen molar-refractivity contribution in [3.8, 4) is 5.75 Å². The molecule has 2 rings (SSSR count). The van der Waals surface area contributed by atoms with Crippen molar-refractivity contribution in [2.24, 2.45) is 0 Å². The van der Waals surface area contributed by atoms with Gasteiger partial charge in [-0.15, -0.1) is 0 Å². The molecule has 0 aliphatic rings. The van der Waals surface area contributed by atoms with Crippen LogP contribution in [-0.2, 0) is 21.1 Å². The van der Waals surface area contributed by atoms with Gasteiger partial charge in [-0.1, -0.05) is 35.4 Å². The number of rotatable bonds is 8. The SMILES string of the molecule is COc1ccc(C)cc1CCNC(=O)CCS(=O)(=O)c1ccc(C)cc1. The van der Waals surface area contributed by atoms with Gasteiger partial charge < -0.3 is 10.1 Å². The first-order valence-corrected chi connectivity index (χ1v) is 10.2. The Hall–Kier alpha value is -2.34. The maximum absolute atomic E-state index is 12.3. The molecule has 6 heteroatoms. The third-order valence-corrected chi connectivity index (χ3v) is 5.86. The summed E-state index contributed by atoms with van der Waals surface area (Å²) >= 11 is 0. The van der Waals surface area contributed by atoms with Gasteiger partial charge in [0.15, 0.2) is 9.84 Å². The average molecular weight is 375 g/mol. The summed E-state index contributed by atoms with van der Waals surface area (Å²) in [6.45, 7) is 4.33. The van der Waals surface area contributed by atoms with Crippen LogP contribution in [0.1, 0.15) is 23.1 Å². The predicted molar refractivity (Wildman–Crippen MR) is 102 cm³/mol. The Kier molecular flexibility index (Phi) is 6.80. The van der Waals surface area contributed by atoms with Crippen molar-refractivity contribution < 1.29 is 17.9 Å². The van der Waals surface area contributed by atoms with Crippen molar-refractivity contribution in [2.45, 2.75) is 31.6 Å². The van der Waals surface area contributed by atoms with E-state index < -0.39 is 9.84 Å². The lowest BCUT2D eigenvalue weighted by Gasteiger charge is -2.10. The molecule has 0 bridgehead atoms. The van der Waals surface area contributed by atoms with Crippen LogP contribution in [-0.4, -0.2) is 33.7 Å². The second-order valence-electron chi connectivity index (χ2n) is 6.30. The number of nitrogens with one attached hydrogen (secondary N) is 1. The summed E-state index contributed by atoms with van der Waals surface area (Å²) in [6.07, 6.45) is 0.572. The Morgan fingerprint density at radius 2 is 1.69 bits per heavy atom. The number of carbonyl (C=O) groups excluding carboxylic acids is 1. The number of hydrogen-bond acceptors (Lipinski definition) is 4. The zero-order valence-corrected chi connectivity index (χ0v) is 16.2. The lowest BCUT2D eigenvalue weighted by atomic mass is 10.1. The monoisotopic (exact) mass is 375 g/mol. The van der Waals surface area contributed by atoms with Crippen LogP contribution < -0.4 is 10.1 Å². The van der Waals surface area contributed by atoms with Crippen LogP contribution >= 0.6 is 0 Å². The summed E-state index contributed by atoms with van der Waals surface area (Å²) in [7, 11) is -1.83. The molecule has 0 saturated carbocycles. The van der Waals surface area contributed by atoms with Gasteiger partial charge in [0.05, 0.1) is 17.8 Å². The van der Waals surface area contributed by atoms with Gasteiger partial charge in [-0.05, 0) is 44.0 Å². The van der Waals surface area contributed by atoms with E-state index in [0.717, 1.165) is 22.4 Å². The minimum Gasteiger partial charge on any atom is -0.496 e. The smallest absolute Gasteiger partial charge is 0.221 e. The molecule has 0 spiro atoms. The van der Waals surface area contributed by atoms with Gasteiger partial charge in [-0.25, -0.2) is 8.42 Å². The van der Waals surface area contributed by atoms with Crippen LogP contribution in [0.5, 0.6) is 5.75 Å². The quantitative estimate of drug-likeness (QED) is 0.770. The molecule has 5 nitrogen and oxygen atoms in total. The van der Waals surface area contributed by atoms with Gasteiger partial charge >= 0.3 is 0 Å². The minimum atomic E-state index is -3.45. The third kappa shape index (κ3) is 5.59. The van der Waals surface area contributed by atoms with Gasteiger partial charge in [-0.3, -0.25) is 4.79 Å². The highest BCUT2D eigenvalue weighted by atomic mass is 32.2. The summed E-state index contributed by atoms with van der Waals surface area (Å²) in [5, 5.41) is 2.78. The fraction of sp³-hybridized carbons (Fsp3) is 0.350. The predicted octanol–water partition coefficient (Wildman–Crippen LogP) is 2.83. The first kappa shape index (κ1) is 20.0. The van der Waals surface area contributed by atoms with Crippen LogP contribution in [0.15, 0.2) is 47.4 Å². The van der Waals surface area contributed by atoms with Crippen LogP contribution in [0.4, 0.5) is 0 Å². The molecule has 0 saturated heterocycles. The molecule has 1 N–H and O–H groups in total. The Balaban J connectivity index is 1.84. The van der Waals surface area contributed by atoms with Crippen molar-refractivity contribution in [3.05, 3.63) is 59.2 Å². The number of ether oxygens (including phenoxy) is 1. The summed E-state index contributed by atoms with van der Waals surface area (Å²) in [5.41, 5.74) is 3.13. The fourth-order valence-corrected chi connectivity index (χ4v) is 3.86. The van der Waals surface area contributed by atoms with E-state index in [4.69, 9.17) is 4.74 Å². The average Bonchev–Trinajstić information content (AvgIpc) is 2.61. The highest BCUT2D eigenvalue weighted by Gasteiger charge is 2.16. The first-order valence-electron chi connectivity index (χ1n) is 8.51. The molecule has 2 aromatic rings. The number of sulfone groups is 1. The number of methoxy groups -OCH3 is 1. The molecular weight excluding hydrogens is 350 g/mol. The Morgan fingerprint density at radius 3 is 2.35 bits per heavy atom. The molecular formula is C20H25NO4S. The number of hydrogen-bond donors (Lipinski definition) is 1. The van der Waals surface area contributed by atoms with E-state index >= 15 is 0 Å². The normalized spacial score (nSPS) is 11.2. The van der Waals surface area contributed by atoms with Crippen molar-refractivity contribution in [1.82, 2.24) is 5.32 Å². The Morgan fingerprint density at radius 1 is 1.04 bits per heavy atom. The second-order valence-corrected chi connectivity index (χ2v) is 8.41. The van der Waals surface area contributed by atoms with E-state index in [0.29, 0.717) is 13.0 Å². The van der Waals surface area contributed by atoms with E-state index in [1.807, 2.05) is 32.0 Å². The van der Waals surface area contributed by atoms with Gasteiger partial charge in [0.1, 0.15) is 5.75 Å². The molecule has 0 aliphatic carbocycles. The lowest BCUT2D eigenvalue weighted by molar-refractivity contribution is -0.120. The van der Waals surface area contributed by atoms with E-state index in [1.54, 1.807) is 31.4 Å². The summed E-state index contributed by atoms with van der Waals surface area (Å²) < 4.78 is 29.9. The molecule has 0 radical (unpaired) electrons. The van der Waals surface area contributed by atoms with Crippen LogP contribution in [0, 0.1) is 13.8 Å². The van der Waals surface area contributed by atoms with E-state index in [-0.39, 0.29) is 23.0 Å². The van der Waals surface area contributed by atoms with E-state index in [2.05, 4.69) is 5.32 Å². The molecule has 0 fully saturated rings. The summed E-state index contributed by atoms with van der Waals surface area (Å²) in [5.74, 6) is 0.314. The molecule has 0 aliphatic heterocycles. The van der Waals surface area contributed by atoms with E-state index in [9.17, 15) is 13.2 Å². The minimum absolute atomic E-state index is 0.0544. The highest BCUT2D eigenvalue weighted by molar-refractivity contribution is 7.91. The van der Waals surface area contributed by atoms with Crippen LogP contribution in [0.3, 0.4) is 0 Å². The summed E-state index contributed by atoms with van der Waals surface area (Å²) in [4.78, 5) is 12.2. The first-order chi connectivity index (χ1) is 12.3. The van der Waals surface area contributed by atoms with Gasteiger partial charge in [0.2, 0.25) is 5.91 Å². The van der Waals surface area contributed by atoms with Gasteiger partial charge in [-0.2, -0.15) is 0 Å². The van der Waals surface area contributed by atoms with Gasteiger partial charge in [0.25, 0.3) is 0 Å². The molecule has 0 heterocycles. The molecule has 140 valence electrons. The number of benzene rings is 2. The van der Waals surface area contributed by atoms with Gasteiger partial charge in [0, 0.05) is 13.0 Å². The van der Waals surface area contributed by atoms with Crippen molar-refractivity contribution >= 4 is 15.7 Å². The van der Waals surface area contributed by atoms with Crippen LogP contribution in [0.2, 0.25) is 0 Å². The van der Waals surface area contributed by atoms with Crippen LogP contribution in [0.25, 0.3) is 0 Å². The summed E-state index contributed by atoms with van der Waals surface area (Å²) in [6, 6.07) is 12.5. The van der Waals surface area contributed by atoms with Crippen molar-refractivity contribution in [2.75, 3.05) is 19.4 Å². The number of carbonyl (C=O) groups is 1. The molecule has 0 aromatic heterocycles. The molecule has 1 amide bonds. The Labute approximate surface area is 155 Å². The standard InChI is InChI=1S/C20H25NO4S/c1-15-4-7-18(8-5-15)26(23,24)13-11-20(22)21-12-10-17-14-16(2)6-9-19(17)25-3/h4-9,14H,10-13H2,1-3H3,(H,21,22). The van der Waals surface area contributed by atoms with Crippen molar-refractivity contribution in [3.63, 3.8) is 0 Å². The number of amides is 1. The zero-order chi connectivity index (χ0) is 19.2. The van der Waals surface area contributed by atoms with E-state index in [1.165, 1.54) is 0 Å². The highest BCUT2D eigenvalue weighted by Crippen LogP contribution is 2.19. The largest absolute Gasteiger partial charge is 0.496 e. The number of aryl methyl sites for hydroxylation is 2. The maximum Gasteiger partial charge on any atom is 0.221 e. The second kappa shape index (κ2) is 8.85. The third-order valence-electron chi connectivity index (χ3n) is 4.13.